The molecular formula is C10H19O2S+. The van der Waals surface area contributed by atoms with Crippen molar-refractivity contribution in [3.8, 4) is 0 Å². The molecule has 76 valence electrons. The average molecular weight is 203 g/mol. The third kappa shape index (κ3) is 7.91. The Labute approximate surface area is 84.7 Å². The maximum Gasteiger partial charge on any atom is 0.333 e. The number of carbonyl (C=O) groups is 1. The standard InChI is InChI=1S/C10H18O2S/c1-4-5-7-13-8-6-12-10(11)9(2)3/h2,4-8H2,1,3H3/p+1. The summed E-state index contributed by atoms with van der Waals surface area (Å²) in [6.45, 7) is 7.87. The normalized spacial score (nSPS) is 9.69. The van der Waals surface area contributed by atoms with E-state index in [0.717, 1.165) is 5.75 Å². The molecule has 0 unspecified atom stereocenters. The van der Waals surface area contributed by atoms with Crippen molar-refractivity contribution in [2.75, 3.05) is 18.1 Å². The summed E-state index contributed by atoms with van der Waals surface area (Å²) in [5, 5.41) is 0. The molecule has 0 bridgehead atoms. The highest BCUT2D eigenvalue weighted by atomic mass is 32.2. The van der Waals surface area contributed by atoms with E-state index in [9.17, 15) is 4.79 Å². The number of rotatable bonds is 7. The maximum atomic E-state index is 10.9. The molecule has 0 N–H and O–H groups in total. The molecule has 0 saturated heterocycles. The summed E-state index contributed by atoms with van der Waals surface area (Å²) in [7, 11) is 0. The quantitative estimate of drug-likeness (QED) is 0.207. The van der Waals surface area contributed by atoms with Gasteiger partial charge in [0.2, 0.25) is 0 Å². The van der Waals surface area contributed by atoms with Gasteiger partial charge in [0, 0.05) is 5.57 Å². The molecule has 0 spiro atoms. The zero-order chi connectivity index (χ0) is 10.1. The molecular weight excluding hydrogens is 184 g/mol. The van der Waals surface area contributed by atoms with Gasteiger partial charge in [-0.2, -0.15) is 0 Å². The first-order valence-corrected chi connectivity index (χ1v) is 5.90. The van der Waals surface area contributed by atoms with Crippen molar-refractivity contribution in [1.29, 1.82) is 0 Å². The van der Waals surface area contributed by atoms with Crippen molar-refractivity contribution in [2.45, 2.75) is 26.7 Å². The van der Waals surface area contributed by atoms with Gasteiger partial charge in [0.25, 0.3) is 0 Å². The van der Waals surface area contributed by atoms with Crippen molar-refractivity contribution < 1.29 is 9.53 Å². The van der Waals surface area contributed by atoms with E-state index in [1.54, 1.807) is 6.92 Å². The first kappa shape index (κ1) is 12.6. The number of thiol groups is 1. The number of hydrogen-bond acceptors (Lipinski definition) is 2. The van der Waals surface area contributed by atoms with E-state index in [1.807, 2.05) is 0 Å². The van der Waals surface area contributed by atoms with E-state index < -0.39 is 0 Å². The summed E-state index contributed by atoms with van der Waals surface area (Å²) in [5.41, 5.74) is 0.477. The summed E-state index contributed by atoms with van der Waals surface area (Å²) >= 11 is 1.37. The van der Waals surface area contributed by atoms with Gasteiger partial charge in [-0.05, 0) is 25.1 Å². The second-order valence-electron chi connectivity index (χ2n) is 2.94. The molecule has 0 atom stereocenters. The summed E-state index contributed by atoms with van der Waals surface area (Å²) in [4.78, 5) is 10.9. The van der Waals surface area contributed by atoms with E-state index in [4.69, 9.17) is 4.74 Å². The van der Waals surface area contributed by atoms with Crippen LogP contribution in [0.5, 0.6) is 0 Å². The van der Waals surface area contributed by atoms with Crippen LogP contribution in [-0.2, 0) is 21.3 Å². The van der Waals surface area contributed by atoms with Crippen LogP contribution in [0.15, 0.2) is 12.2 Å². The number of unbranched alkanes of at least 4 members (excludes halogenated alkanes) is 1. The minimum absolute atomic E-state index is 0.273. The molecule has 0 aromatic heterocycles. The van der Waals surface area contributed by atoms with Crippen LogP contribution in [0.25, 0.3) is 0 Å². The van der Waals surface area contributed by atoms with Crippen LogP contribution < -0.4 is 0 Å². The lowest BCUT2D eigenvalue weighted by Crippen LogP contribution is -2.10. The van der Waals surface area contributed by atoms with Crippen molar-refractivity contribution in [2.24, 2.45) is 0 Å². The maximum absolute atomic E-state index is 10.9. The fourth-order valence-corrected chi connectivity index (χ4v) is 1.69. The Morgan fingerprint density at radius 2 is 2.15 bits per heavy atom. The molecule has 0 aliphatic carbocycles. The van der Waals surface area contributed by atoms with Crippen LogP contribution in [0.3, 0.4) is 0 Å². The Morgan fingerprint density at radius 3 is 2.69 bits per heavy atom. The minimum Gasteiger partial charge on any atom is -0.457 e. The first-order chi connectivity index (χ1) is 6.18. The van der Waals surface area contributed by atoms with Gasteiger partial charge in [0.1, 0.15) is 18.1 Å². The van der Waals surface area contributed by atoms with E-state index >= 15 is 0 Å². The molecule has 0 radical (unpaired) electrons. The van der Waals surface area contributed by atoms with Crippen LogP contribution in [0.2, 0.25) is 0 Å². The highest BCUT2D eigenvalue weighted by Crippen LogP contribution is 1.93. The number of esters is 1. The molecule has 0 aromatic rings. The molecule has 2 nitrogen and oxygen atoms in total. The van der Waals surface area contributed by atoms with Crippen LogP contribution in [-0.4, -0.2) is 24.1 Å². The summed E-state index contributed by atoms with van der Waals surface area (Å²) in [6, 6.07) is 0. The van der Waals surface area contributed by atoms with Gasteiger partial charge in [-0.25, -0.2) is 4.79 Å². The van der Waals surface area contributed by atoms with Crippen molar-refractivity contribution >= 4 is 17.7 Å². The largest absolute Gasteiger partial charge is 0.457 e. The van der Waals surface area contributed by atoms with Crippen LogP contribution in [0.1, 0.15) is 26.7 Å². The fraction of sp³-hybridized carbons (Fsp3) is 0.700. The Hall–Kier alpha value is -0.440. The van der Waals surface area contributed by atoms with Crippen LogP contribution >= 0.6 is 0 Å². The van der Waals surface area contributed by atoms with Gasteiger partial charge < -0.3 is 4.74 Å². The molecule has 0 amide bonds. The molecule has 0 saturated carbocycles. The van der Waals surface area contributed by atoms with Gasteiger partial charge in [-0.15, -0.1) is 0 Å². The molecule has 0 aliphatic rings. The number of carbonyl (C=O) groups excluding carboxylic acids is 1. The lowest BCUT2D eigenvalue weighted by Gasteiger charge is -1.99. The molecule has 0 heterocycles. The van der Waals surface area contributed by atoms with E-state index in [1.165, 1.54) is 30.4 Å². The Bertz CT molecular complexity index is 166. The lowest BCUT2D eigenvalue weighted by molar-refractivity contribution is -0.138. The Balaban J connectivity index is 3.16. The molecule has 0 fully saturated rings. The second kappa shape index (κ2) is 8.17. The molecule has 0 aliphatic heterocycles. The summed E-state index contributed by atoms with van der Waals surface area (Å²) in [6.07, 6.45) is 2.49. The van der Waals surface area contributed by atoms with E-state index in [2.05, 4.69) is 13.5 Å². The highest BCUT2D eigenvalue weighted by Gasteiger charge is 2.03. The molecule has 0 rings (SSSR count). The monoisotopic (exact) mass is 203 g/mol. The van der Waals surface area contributed by atoms with Gasteiger partial charge in [-0.3, -0.25) is 0 Å². The van der Waals surface area contributed by atoms with Crippen LogP contribution in [0, 0.1) is 0 Å². The second-order valence-corrected chi connectivity index (χ2v) is 4.28. The van der Waals surface area contributed by atoms with Crippen molar-refractivity contribution in [3.05, 3.63) is 12.2 Å². The summed E-state index contributed by atoms with van der Waals surface area (Å²) < 4.78 is 4.94. The minimum atomic E-state index is -0.273. The lowest BCUT2D eigenvalue weighted by atomic mass is 10.4. The fourth-order valence-electron chi connectivity index (χ4n) is 0.708. The van der Waals surface area contributed by atoms with Crippen LogP contribution in [0.4, 0.5) is 0 Å². The SMILES string of the molecule is C=C(C)C(=O)OCC[SH+]CCCC. The highest BCUT2D eigenvalue weighted by molar-refractivity contribution is 7.78. The van der Waals surface area contributed by atoms with E-state index in [0.29, 0.717) is 12.2 Å². The topological polar surface area (TPSA) is 26.3 Å². The predicted molar refractivity (Wildman–Crippen MR) is 59.2 cm³/mol. The van der Waals surface area contributed by atoms with E-state index in [-0.39, 0.29) is 5.97 Å². The molecule has 0 aromatic carbocycles. The van der Waals surface area contributed by atoms with Gasteiger partial charge in [0.15, 0.2) is 0 Å². The van der Waals surface area contributed by atoms with Crippen molar-refractivity contribution in [3.63, 3.8) is 0 Å². The smallest absolute Gasteiger partial charge is 0.333 e. The number of hydrogen-bond donors (Lipinski definition) is 0. The van der Waals surface area contributed by atoms with Crippen molar-refractivity contribution in [1.82, 2.24) is 0 Å². The third-order valence-electron chi connectivity index (χ3n) is 1.50. The van der Waals surface area contributed by atoms with Gasteiger partial charge in [-0.1, -0.05) is 19.9 Å². The predicted octanol–water partition coefficient (Wildman–Crippen LogP) is 1.72. The molecule has 3 heteroatoms. The Kier molecular flexibility index (Phi) is 7.90. The first-order valence-electron chi connectivity index (χ1n) is 4.64. The summed E-state index contributed by atoms with van der Waals surface area (Å²) in [5.74, 6) is 1.88. The van der Waals surface area contributed by atoms with Gasteiger partial charge >= 0.3 is 5.97 Å². The average Bonchev–Trinajstić information content (AvgIpc) is 2.10. The number of ether oxygens (including phenoxy) is 1. The third-order valence-corrected chi connectivity index (χ3v) is 2.63. The molecule has 13 heavy (non-hydrogen) atoms. The van der Waals surface area contributed by atoms with Gasteiger partial charge in [0.05, 0.1) is 0 Å². The zero-order valence-corrected chi connectivity index (χ0v) is 9.40. The zero-order valence-electron chi connectivity index (χ0n) is 8.51. The Morgan fingerprint density at radius 1 is 1.46 bits per heavy atom.